The minimum absolute atomic E-state index is 0.0820. The number of carboxylic acids is 1. The number of ether oxygens (including phenoxy) is 1. The first-order valence-corrected chi connectivity index (χ1v) is 6.73. The molecule has 1 aliphatic rings. The van der Waals surface area contributed by atoms with E-state index in [-0.39, 0.29) is 25.5 Å². The van der Waals surface area contributed by atoms with E-state index in [1.807, 2.05) is 24.3 Å². The molecule has 1 heterocycles. The Balaban J connectivity index is 2.00. The van der Waals surface area contributed by atoms with Gasteiger partial charge in [-0.3, -0.25) is 4.79 Å². The second-order valence-corrected chi connectivity index (χ2v) is 5.16. The molecule has 1 fully saturated rings. The van der Waals surface area contributed by atoms with Crippen LogP contribution in [0, 0.1) is 0 Å². The van der Waals surface area contributed by atoms with Gasteiger partial charge in [0.2, 0.25) is 5.91 Å². The standard InChI is InChI=1S/C13H14BrNO4/c14-10-4-2-1-3-9(10)7-12(16)15-5-6-19-11(8-15)13(17)18/h1-4,11H,5-8H2,(H,17,18)/t11-/m0/s1. The highest BCUT2D eigenvalue weighted by Gasteiger charge is 2.28. The SMILES string of the molecule is O=C(O)[C@@H]1CN(C(=O)Cc2ccccc2Br)CCO1. The molecule has 0 radical (unpaired) electrons. The number of aliphatic carboxylic acids is 1. The Morgan fingerprint density at radius 2 is 2.16 bits per heavy atom. The van der Waals surface area contributed by atoms with Gasteiger partial charge in [0.25, 0.3) is 0 Å². The van der Waals surface area contributed by atoms with Gasteiger partial charge >= 0.3 is 5.97 Å². The van der Waals surface area contributed by atoms with Gasteiger partial charge in [0.05, 0.1) is 19.6 Å². The number of carbonyl (C=O) groups excluding carboxylic acids is 1. The zero-order chi connectivity index (χ0) is 13.8. The summed E-state index contributed by atoms with van der Waals surface area (Å²) in [4.78, 5) is 24.6. The Labute approximate surface area is 119 Å². The molecule has 1 aromatic rings. The Morgan fingerprint density at radius 3 is 2.84 bits per heavy atom. The number of amides is 1. The molecule has 5 nitrogen and oxygen atoms in total. The van der Waals surface area contributed by atoms with Gasteiger partial charge in [-0.1, -0.05) is 34.1 Å². The molecule has 1 amide bonds. The number of nitrogens with zero attached hydrogens (tertiary/aromatic N) is 1. The van der Waals surface area contributed by atoms with Gasteiger partial charge in [0.15, 0.2) is 6.10 Å². The molecule has 1 atom stereocenters. The number of benzene rings is 1. The second kappa shape index (κ2) is 6.16. The molecule has 6 heteroatoms. The molecule has 1 aromatic carbocycles. The van der Waals surface area contributed by atoms with Gasteiger partial charge in [-0.2, -0.15) is 0 Å². The van der Waals surface area contributed by atoms with Crippen LogP contribution in [0.4, 0.5) is 0 Å². The van der Waals surface area contributed by atoms with Crippen molar-refractivity contribution >= 4 is 27.8 Å². The van der Waals surface area contributed by atoms with Crippen LogP contribution in [-0.4, -0.2) is 47.7 Å². The maximum Gasteiger partial charge on any atom is 0.334 e. The normalized spacial score (nSPS) is 19.2. The molecule has 0 bridgehead atoms. The molecule has 0 aliphatic carbocycles. The lowest BCUT2D eigenvalue weighted by atomic mass is 10.1. The third kappa shape index (κ3) is 3.54. The highest BCUT2D eigenvalue weighted by molar-refractivity contribution is 9.10. The Hall–Kier alpha value is -1.40. The fraction of sp³-hybridized carbons (Fsp3) is 0.385. The molecule has 2 rings (SSSR count). The van der Waals surface area contributed by atoms with Crippen molar-refractivity contribution in [2.45, 2.75) is 12.5 Å². The smallest absolute Gasteiger partial charge is 0.334 e. The molecule has 0 aromatic heterocycles. The average Bonchev–Trinajstić information content (AvgIpc) is 2.41. The topological polar surface area (TPSA) is 66.8 Å². The van der Waals surface area contributed by atoms with Crippen LogP contribution in [0.25, 0.3) is 0 Å². The van der Waals surface area contributed by atoms with Crippen LogP contribution in [0.15, 0.2) is 28.7 Å². The maximum absolute atomic E-state index is 12.1. The number of rotatable bonds is 3. The minimum atomic E-state index is -1.03. The highest BCUT2D eigenvalue weighted by atomic mass is 79.9. The van der Waals surface area contributed by atoms with Crippen molar-refractivity contribution in [3.8, 4) is 0 Å². The molecule has 0 saturated carbocycles. The Morgan fingerprint density at radius 1 is 1.42 bits per heavy atom. The molecule has 1 N–H and O–H groups in total. The van der Waals surface area contributed by atoms with Crippen molar-refractivity contribution in [1.29, 1.82) is 0 Å². The Kier molecular flexibility index (Phi) is 4.55. The van der Waals surface area contributed by atoms with Gasteiger partial charge in [-0.25, -0.2) is 4.79 Å². The van der Waals surface area contributed by atoms with Crippen LogP contribution in [-0.2, 0) is 20.7 Å². The van der Waals surface area contributed by atoms with E-state index in [9.17, 15) is 9.59 Å². The summed E-state index contributed by atoms with van der Waals surface area (Å²) in [6.07, 6.45) is -0.662. The number of morpholine rings is 1. The summed E-state index contributed by atoms with van der Waals surface area (Å²) in [5.74, 6) is -1.11. The first-order chi connectivity index (χ1) is 9.08. The van der Waals surface area contributed by atoms with Gasteiger partial charge in [-0.15, -0.1) is 0 Å². The van der Waals surface area contributed by atoms with E-state index in [2.05, 4.69) is 15.9 Å². The van der Waals surface area contributed by atoms with Gasteiger partial charge in [0.1, 0.15) is 0 Å². The number of carbonyl (C=O) groups is 2. The predicted molar refractivity (Wildman–Crippen MR) is 71.8 cm³/mol. The van der Waals surface area contributed by atoms with Crippen molar-refractivity contribution in [1.82, 2.24) is 4.90 Å². The lowest BCUT2D eigenvalue weighted by Crippen LogP contribution is -2.49. The lowest BCUT2D eigenvalue weighted by molar-refractivity contribution is -0.159. The summed E-state index contributed by atoms with van der Waals surface area (Å²) >= 11 is 3.39. The number of hydrogen-bond donors (Lipinski definition) is 1. The van der Waals surface area contributed by atoms with Gasteiger partial charge in [0, 0.05) is 11.0 Å². The molecular weight excluding hydrogens is 314 g/mol. The number of hydrogen-bond acceptors (Lipinski definition) is 3. The van der Waals surface area contributed by atoms with Crippen molar-refractivity contribution in [2.75, 3.05) is 19.7 Å². The van der Waals surface area contributed by atoms with E-state index in [0.29, 0.717) is 6.54 Å². The number of carboxylic acid groups (broad SMARTS) is 1. The van der Waals surface area contributed by atoms with Crippen LogP contribution in [0.1, 0.15) is 5.56 Å². The molecule has 0 spiro atoms. The minimum Gasteiger partial charge on any atom is -0.479 e. The third-order valence-corrected chi connectivity index (χ3v) is 3.77. The summed E-state index contributed by atoms with van der Waals surface area (Å²) < 4.78 is 5.97. The van der Waals surface area contributed by atoms with Crippen molar-refractivity contribution in [3.05, 3.63) is 34.3 Å². The summed E-state index contributed by atoms with van der Waals surface area (Å²) in [6.45, 7) is 0.810. The zero-order valence-corrected chi connectivity index (χ0v) is 11.8. The van der Waals surface area contributed by atoms with Crippen LogP contribution >= 0.6 is 15.9 Å². The summed E-state index contributed by atoms with van der Waals surface area (Å²) in [7, 11) is 0. The van der Waals surface area contributed by atoms with E-state index in [1.54, 1.807) is 4.90 Å². The van der Waals surface area contributed by atoms with E-state index in [4.69, 9.17) is 9.84 Å². The fourth-order valence-corrected chi connectivity index (χ4v) is 2.37. The second-order valence-electron chi connectivity index (χ2n) is 4.31. The lowest BCUT2D eigenvalue weighted by Gasteiger charge is -2.31. The molecule has 0 unspecified atom stereocenters. The largest absolute Gasteiger partial charge is 0.479 e. The summed E-state index contributed by atoms with van der Waals surface area (Å²) in [5, 5.41) is 8.90. The van der Waals surface area contributed by atoms with Crippen molar-refractivity contribution in [3.63, 3.8) is 0 Å². The Bertz CT molecular complexity index is 491. The predicted octanol–water partition coefficient (Wildman–Crippen LogP) is 1.30. The van der Waals surface area contributed by atoms with E-state index >= 15 is 0 Å². The maximum atomic E-state index is 12.1. The monoisotopic (exact) mass is 327 g/mol. The summed E-state index contributed by atoms with van der Waals surface area (Å²) in [6, 6.07) is 7.50. The zero-order valence-electron chi connectivity index (χ0n) is 10.2. The van der Waals surface area contributed by atoms with Crippen LogP contribution < -0.4 is 0 Å². The number of halogens is 1. The average molecular weight is 328 g/mol. The van der Waals surface area contributed by atoms with Gasteiger partial charge < -0.3 is 14.7 Å². The third-order valence-electron chi connectivity index (χ3n) is 2.99. The fourth-order valence-electron chi connectivity index (χ4n) is 1.94. The van der Waals surface area contributed by atoms with Crippen LogP contribution in [0.3, 0.4) is 0 Å². The highest BCUT2D eigenvalue weighted by Crippen LogP contribution is 2.17. The first-order valence-electron chi connectivity index (χ1n) is 5.93. The van der Waals surface area contributed by atoms with E-state index < -0.39 is 12.1 Å². The van der Waals surface area contributed by atoms with Crippen molar-refractivity contribution < 1.29 is 19.4 Å². The molecule has 102 valence electrons. The first kappa shape index (κ1) is 14.0. The van der Waals surface area contributed by atoms with Gasteiger partial charge in [-0.05, 0) is 11.6 Å². The molecular formula is C13H14BrNO4. The quantitative estimate of drug-likeness (QED) is 0.908. The summed E-state index contributed by atoms with van der Waals surface area (Å²) in [5.41, 5.74) is 0.894. The van der Waals surface area contributed by atoms with E-state index in [0.717, 1.165) is 10.0 Å². The van der Waals surface area contributed by atoms with Crippen LogP contribution in [0.2, 0.25) is 0 Å². The molecule has 19 heavy (non-hydrogen) atoms. The van der Waals surface area contributed by atoms with Crippen molar-refractivity contribution in [2.24, 2.45) is 0 Å². The van der Waals surface area contributed by atoms with Crippen LogP contribution in [0.5, 0.6) is 0 Å². The molecule has 1 aliphatic heterocycles. The van der Waals surface area contributed by atoms with E-state index in [1.165, 1.54) is 0 Å². The molecule has 1 saturated heterocycles.